The Balaban J connectivity index is 0.000000202. The van der Waals surface area contributed by atoms with E-state index in [2.05, 4.69) is 9.97 Å². The number of pyridine rings is 2. The third-order valence-electron chi connectivity index (χ3n) is 3.34. The number of nitrogen functional groups attached to an aromatic ring is 1. The molecule has 0 fully saturated rings. The Morgan fingerprint density at radius 2 is 1.50 bits per heavy atom. The van der Waals surface area contributed by atoms with Gasteiger partial charge in [-0.15, -0.1) is 0 Å². The monoisotopic (exact) mass is 325 g/mol. The second-order valence-corrected chi connectivity index (χ2v) is 5.23. The van der Waals surface area contributed by atoms with Crippen molar-refractivity contribution < 1.29 is 9.59 Å². The summed E-state index contributed by atoms with van der Waals surface area (Å²) in [6.45, 7) is 0. The van der Waals surface area contributed by atoms with E-state index in [1.807, 2.05) is 30.3 Å². The first kappa shape index (κ1) is 17.1. The summed E-state index contributed by atoms with van der Waals surface area (Å²) in [6, 6.07) is 9.68. The first-order valence-electron chi connectivity index (χ1n) is 7.43. The predicted octanol–water partition coefficient (Wildman–Crippen LogP) is 1.49. The minimum absolute atomic E-state index is 0.239. The number of anilines is 1. The molecule has 0 radical (unpaired) electrons. The van der Waals surface area contributed by atoms with Crippen LogP contribution in [-0.4, -0.2) is 21.8 Å². The van der Waals surface area contributed by atoms with Crippen LogP contribution < -0.4 is 17.2 Å². The summed E-state index contributed by atoms with van der Waals surface area (Å²) in [7, 11) is 0. The van der Waals surface area contributed by atoms with Crippen molar-refractivity contribution in [1.82, 2.24) is 9.97 Å². The molecule has 2 heterocycles. The van der Waals surface area contributed by atoms with Crippen LogP contribution in [0.4, 0.5) is 5.69 Å². The van der Waals surface area contributed by atoms with Crippen LogP contribution in [0.3, 0.4) is 0 Å². The Morgan fingerprint density at radius 3 is 2.12 bits per heavy atom. The molecule has 124 valence electrons. The summed E-state index contributed by atoms with van der Waals surface area (Å²) in [6.07, 6.45) is 4.47. The smallest absolute Gasteiger partial charge is 0.217 e. The van der Waals surface area contributed by atoms with Crippen LogP contribution in [0.15, 0.2) is 42.7 Å². The van der Waals surface area contributed by atoms with E-state index in [0.717, 1.165) is 27.5 Å². The fourth-order valence-corrected chi connectivity index (χ4v) is 2.24. The van der Waals surface area contributed by atoms with Crippen LogP contribution in [0.2, 0.25) is 0 Å². The third kappa shape index (κ3) is 4.39. The molecular formula is C17H19N5O2. The molecule has 0 spiro atoms. The van der Waals surface area contributed by atoms with Gasteiger partial charge in [-0.1, -0.05) is 6.07 Å². The van der Waals surface area contributed by atoms with E-state index in [1.54, 1.807) is 12.4 Å². The van der Waals surface area contributed by atoms with Crippen molar-refractivity contribution in [2.45, 2.75) is 19.3 Å². The van der Waals surface area contributed by atoms with Crippen LogP contribution in [0, 0.1) is 0 Å². The highest BCUT2D eigenvalue weighted by Gasteiger charge is 2.04. The summed E-state index contributed by atoms with van der Waals surface area (Å²) in [5.41, 5.74) is 18.1. The Morgan fingerprint density at radius 1 is 0.917 bits per heavy atom. The van der Waals surface area contributed by atoms with E-state index in [4.69, 9.17) is 17.2 Å². The minimum atomic E-state index is -0.392. The number of nitrogens with two attached hydrogens (primary N) is 3. The van der Waals surface area contributed by atoms with E-state index in [0.29, 0.717) is 6.42 Å². The molecule has 2 amide bonds. The standard InChI is InChI=1S/C12H9N3.C5H10N2O2/c13-10-7-8-3-1-5-14-11(8)12-9(10)4-2-6-15-12;6-4(8)2-1-3-5(7)9/h1-7H,13H2;1-3H2,(H2,6,8)(H2,7,9). The lowest BCUT2D eigenvalue weighted by molar-refractivity contribution is -0.119. The van der Waals surface area contributed by atoms with Gasteiger partial charge in [0.1, 0.15) is 0 Å². The van der Waals surface area contributed by atoms with Crippen molar-refractivity contribution >= 4 is 39.3 Å². The molecule has 0 saturated carbocycles. The number of aromatic nitrogens is 2. The molecule has 0 aliphatic rings. The first-order valence-corrected chi connectivity index (χ1v) is 7.43. The Kier molecular flexibility index (Phi) is 5.62. The summed E-state index contributed by atoms with van der Waals surface area (Å²) in [5.74, 6) is -0.785. The van der Waals surface area contributed by atoms with Crippen molar-refractivity contribution in [3.8, 4) is 0 Å². The Hall–Kier alpha value is -3.22. The normalized spacial score (nSPS) is 10.2. The van der Waals surface area contributed by atoms with Crippen molar-refractivity contribution in [3.63, 3.8) is 0 Å². The quantitative estimate of drug-likeness (QED) is 0.493. The zero-order valence-corrected chi connectivity index (χ0v) is 13.1. The number of carbonyl (C=O) groups excluding carboxylic acids is 2. The molecule has 3 aromatic rings. The maximum atomic E-state index is 10.1. The molecule has 0 bridgehead atoms. The zero-order chi connectivity index (χ0) is 17.5. The van der Waals surface area contributed by atoms with Gasteiger partial charge >= 0.3 is 0 Å². The van der Waals surface area contributed by atoms with Gasteiger partial charge in [0.05, 0.1) is 11.0 Å². The van der Waals surface area contributed by atoms with E-state index < -0.39 is 11.8 Å². The number of rotatable bonds is 4. The van der Waals surface area contributed by atoms with Gasteiger partial charge in [-0.2, -0.15) is 0 Å². The largest absolute Gasteiger partial charge is 0.398 e. The molecule has 24 heavy (non-hydrogen) atoms. The lowest BCUT2D eigenvalue weighted by atomic mass is 10.1. The molecule has 7 heteroatoms. The zero-order valence-electron chi connectivity index (χ0n) is 13.1. The molecule has 3 rings (SSSR count). The average molecular weight is 325 g/mol. The molecule has 1 aromatic carbocycles. The first-order chi connectivity index (χ1) is 11.5. The number of amides is 2. The number of hydrogen-bond acceptors (Lipinski definition) is 5. The van der Waals surface area contributed by atoms with Gasteiger partial charge in [0.25, 0.3) is 0 Å². The molecule has 0 aliphatic heterocycles. The second kappa shape index (κ2) is 7.87. The van der Waals surface area contributed by atoms with E-state index in [1.165, 1.54) is 0 Å². The maximum absolute atomic E-state index is 10.1. The van der Waals surface area contributed by atoms with Gasteiger partial charge < -0.3 is 17.2 Å². The number of hydrogen-bond donors (Lipinski definition) is 3. The van der Waals surface area contributed by atoms with Crippen LogP contribution in [0.1, 0.15) is 19.3 Å². The number of nitrogens with zero attached hydrogens (tertiary/aromatic N) is 2. The highest BCUT2D eigenvalue weighted by atomic mass is 16.1. The fraction of sp³-hybridized carbons (Fsp3) is 0.176. The lowest BCUT2D eigenvalue weighted by Crippen LogP contribution is -2.14. The van der Waals surface area contributed by atoms with E-state index in [-0.39, 0.29) is 12.8 Å². The van der Waals surface area contributed by atoms with Gasteiger partial charge in [-0.05, 0) is 30.7 Å². The van der Waals surface area contributed by atoms with Gasteiger partial charge in [0.15, 0.2) is 0 Å². The summed E-state index contributed by atoms with van der Waals surface area (Å²) < 4.78 is 0. The topological polar surface area (TPSA) is 138 Å². The summed E-state index contributed by atoms with van der Waals surface area (Å²) in [4.78, 5) is 28.8. The Bertz CT molecular complexity index is 865. The highest BCUT2D eigenvalue weighted by Crippen LogP contribution is 2.26. The summed E-state index contributed by atoms with van der Waals surface area (Å²) in [5, 5.41) is 1.99. The second-order valence-electron chi connectivity index (χ2n) is 5.23. The van der Waals surface area contributed by atoms with E-state index >= 15 is 0 Å². The van der Waals surface area contributed by atoms with E-state index in [9.17, 15) is 9.59 Å². The van der Waals surface area contributed by atoms with Gasteiger partial charge in [-0.25, -0.2) is 0 Å². The molecule has 0 atom stereocenters. The van der Waals surface area contributed by atoms with Crippen LogP contribution in [0.25, 0.3) is 21.8 Å². The molecule has 0 unspecified atom stereocenters. The molecule has 7 nitrogen and oxygen atoms in total. The number of benzene rings is 1. The van der Waals surface area contributed by atoms with Crippen molar-refractivity contribution in [1.29, 1.82) is 0 Å². The van der Waals surface area contributed by atoms with Gasteiger partial charge in [0, 0.05) is 41.7 Å². The molecule has 0 saturated heterocycles. The molecule has 2 aromatic heterocycles. The molecule has 6 N–H and O–H groups in total. The average Bonchev–Trinajstić information content (AvgIpc) is 2.55. The fourth-order valence-electron chi connectivity index (χ4n) is 2.24. The number of primary amides is 2. The molecule has 0 aliphatic carbocycles. The molecular weight excluding hydrogens is 306 g/mol. The predicted molar refractivity (Wildman–Crippen MR) is 93.7 cm³/mol. The SMILES string of the molecule is NC(=O)CCCC(N)=O.Nc1cc2cccnc2c2ncccc12. The van der Waals surface area contributed by atoms with Crippen molar-refractivity contribution in [3.05, 3.63) is 42.7 Å². The van der Waals surface area contributed by atoms with Crippen LogP contribution in [0.5, 0.6) is 0 Å². The van der Waals surface area contributed by atoms with Crippen LogP contribution in [-0.2, 0) is 9.59 Å². The van der Waals surface area contributed by atoms with Crippen LogP contribution >= 0.6 is 0 Å². The summed E-state index contributed by atoms with van der Waals surface area (Å²) >= 11 is 0. The van der Waals surface area contributed by atoms with Crippen molar-refractivity contribution in [2.24, 2.45) is 11.5 Å². The van der Waals surface area contributed by atoms with Crippen molar-refractivity contribution in [2.75, 3.05) is 5.73 Å². The number of fused-ring (bicyclic) bond motifs is 3. The third-order valence-corrected chi connectivity index (χ3v) is 3.34. The lowest BCUT2D eigenvalue weighted by Gasteiger charge is -2.04. The minimum Gasteiger partial charge on any atom is -0.398 e. The van der Waals surface area contributed by atoms with Gasteiger partial charge in [0.2, 0.25) is 11.8 Å². The highest BCUT2D eigenvalue weighted by molar-refractivity contribution is 6.08. The maximum Gasteiger partial charge on any atom is 0.217 e. The van der Waals surface area contributed by atoms with Gasteiger partial charge in [-0.3, -0.25) is 19.6 Å². The Labute approximate surface area is 138 Å². The number of carbonyl (C=O) groups is 2.